The Kier molecular flexibility index (Phi) is 2.70. The van der Waals surface area contributed by atoms with E-state index in [4.69, 9.17) is 0 Å². The Balaban J connectivity index is 2.30. The minimum atomic E-state index is 0.500. The van der Waals surface area contributed by atoms with Gasteiger partial charge in [0, 0.05) is 15.6 Å². The lowest BCUT2D eigenvalue weighted by Crippen LogP contribution is -2.10. The molecule has 0 radical (unpaired) electrons. The first kappa shape index (κ1) is 9.60. The quantitative estimate of drug-likeness (QED) is 0.792. The first-order valence-corrected chi connectivity index (χ1v) is 6.71. The van der Waals surface area contributed by atoms with Crippen molar-refractivity contribution in [1.82, 2.24) is 0 Å². The van der Waals surface area contributed by atoms with Gasteiger partial charge < -0.3 is 0 Å². The summed E-state index contributed by atoms with van der Waals surface area (Å²) in [7, 11) is 0. The van der Waals surface area contributed by atoms with Crippen LogP contribution >= 0.6 is 27.7 Å². The second-order valence-electron chi connectivity index (χ2n) is 3.69. The van der Waals surface area contributed by atoms with Gasteiger partial charge >= 0.3 is 0 Å². The van der Waals surface area contributed by atoms with Crippen molar-refractivity contribution in [2.75, 3.05) is 12.0 Å². The summed E-state index contributed by atoms with van der Waals surface area (Å²) in [4.78, 5) is 0. The van der Waals surface area contributed by atoms with Crippen LogP contribution in [-0.4, -0.2) is 12.0 Å². The average molecular weight is 257 g/mol. The normalized spacial score (nSPS) is 18.6. The Morgan fingerprint density at radius 2 is 2.08 bits per heavy atom. The minimum Gasteiger partial charge on any atom is -0.165 e. The molecule has 0 spiro atoms. The van der Waals surface area contributed by atoms with Gasteiger partial charge in [0.15, 0.2) is 0 Å². The van der Waals surface area contributed by atoms with Gasteiger partial charge in [0.1, 0.15) is 0 Å². The average Bonchev–Trinajstić information content (AvgIpc) is 2.87. The highest BCUT2D eigenvalue weighted by atomic mass is 79.9. The number of halogens is 1. The molecular weight excluding hydrogens is 244 g/mol. The molecule has 1 aliphatic carbocycles. The molecule has 2 heteroatoms. The fourth-order valence-electron chi connectivity index (χ4n) is 1.81. The lowest BCUT2D eigenvalue weighted by Gasteiger charge is -2.15. The third kappa shape index (κ3) is 1.79. The van der Waals surface area contributed by atoms with Gasteiger partial charge in [0.2, 0.25) is 0 Å². The molecule has 0 unspecified atom stereocenters. The molecule has 1 fully saturated rings. The molecule has 0 amide bonds. The molecule has 1 aromatic carbocycles. The predicted octanol–water partition coefficient (Wildman–Crippen LogP) is 3.84. The highest BCUT2D eigenvalue weighted by Crippen LogP contribution is 2.51. The molecule has 0 atom stereocenters. The Morgan fingerprint density at radius 1 is 1.38 bits per heavy atom. The van der Waals surface area contributed by atoms with Gasteiger partial charge in [-0.3, -0.25) is 0 Å². The van der Waals surface area contributed by atoms with E-state index in [1.165, 1.54) is 28.6 Å². The first-order valence-electron chi connectivity index (χ1n) is 4.52. The third-order valence-corrected chi connectivity index (χ3v) is 4.25. The van der Waals surface area contributed by atoms with Crippen molar-refractivity contribution in [1.29, 1.82) is 0 Å². The molecule has 0 N–H and O–H groups in total. The van der Waals surface area contributed by atoms with Crippen LogP contribution < -0.4 is 0 Å². The van der Waals surface area contributed by atoms with Crippen LogP contribution in [0.1, 0.15) is 18.4 Å². The fraction of sp³-hybridized carbons (Fsp3) is 0.455. The third-order valence-electron chi connectivity index (χ3n) is 2.72. The van der Waals surface area contributed by atoms with E-state index in [-0.39, 0.29) is 0 Å². The van der Waals surface area contributed by atoms with E-state index in [1.54, 1.807) is 0 Å². The summed E-state index contributed by atoms with van der Waals surface area (Å²) in [6.07, 6.45) is 4.91. The van der Waals surface area contributed by atoms with E-state index in [0.717, 1.165) is 0 Å². The van der Waals surface area contributed by atoms with Crippen molar-refractivity contribution in [3.8, 4) is 0 Å². The van der Waals surface area contributed by atoms with Crippen LogP contribution in [0.2, 0.25) is 0 Å². The Morgan fingerprint density at radius 3 is 2.62 bits per heavy atom. The minimum absolute atomic E-state index is 0.500. The molecule has 0 bridgehead atoms. The molecule has 13 heavy (non-hydrogen) atoms. The van der Waals surface area contributed by atoms with Crippen molar-refractivity contribution in [2.45, 2.75) is 18.3 Å². The van der Waals surface area contributed by atoms with E-state index in [1.807, 2.05) is 11.8 Å². The SMILES string of the molecule is CSCC1(c2ccccc2Br)CC1. The molecule has 1 saturated carbocycles. The number of hydrogen-bond acceptors (Lipinski definition) is 1. The van der Waals surface area contributed by atoms with Crippen LogP contribution in [0.3, 0.4) is 0 Å². The van der Waals surface area contributed by atoms with Crippen LogP contribution in [0, 0.1) is 0 Å². The summed E-state index contributed by atoms with van der Waals surface area (Å²) in [5.41, 5.74) is 2.00. The maximum Gasteiger partial charge on any atom is 0.0213 e. The largest absolute Gasteiger partial charge is 0.165 e. The second-order valence-corrected chi connectivity index (χ2v) is 5.41. The Bertz CT molecular complexity index is 305. The molecule has 0 aromatic heterocycles. The summed E-state index contributed by atoms with van der Waals surface area (Å²) in [5, 5.41) is 0. The molecule has 2 rings (SSSR count). The van der Waals surface area contributed by atoms with Crippen molar-refractivity contribution in [3.63, 3.8) is 0 Å². The zero-order chi connectivity index (χ0) is 9.31. The summed E-state index contributed by atoms with van der Waals surface area (Å²) in [6, 6.07) is 8.63. The lowest BCUT2D eigenvalue weighted by molar-refractivity contribution is 0.798. The zero-order valence-corrected chi connectivity index (χ0v) is 10.1. The Hall–Kier alpha value is 0.0500. The monoisotopic (exact) mass is 256 g/mol. The summed E-state index contributed by atoms with van der Waals surface area (Å²) in [5.74, 6) is 1.26. The van der Waals surface area contributed by atoms with Gasteiger partial charge in [-0.2, -0.15) is 11.8 Å². The summed E-state index contributed by atoms with van der Waals surface area (Å²) < 4.78 is 1.28. The maximum atomic E-state index is 3.63. The van der Waals surface area contributed by atoms with E-state index >= 15 is 0 Å². The molecule has 1 aliphatic rings. The van der Waals surface area contributed by atoms with Crippen LogP contribution in [0.25, 0.3) is 0 Å². The molecule has 0 heterocycles. The molecule has 0 saturated heterocycles. The van der Waals surface area contributed by atoms with Gasteiger partial charge in [-0.25, -0.2) is 0 Å². The van der Waals surface area contributed by atoms with Gasteiger partial charge in [0.05, 0.1) is 0 Å². The van der Waals surface area contributed by atoms with Crippen LogP contribution in [0.15, 0.2) is 28.7 Å². The summed E-state index contributed by atoms with van der Waals surface area (Å²) >= 11 is 5.59. The van der Waals surface area contributed by atoms with Gasteiger partial charge in [-0.1, -0.05) is 34.1 Å². The van der Waals surface area contributed by atoms with Gasteiger partial charge in [-0.05, 0) is 30.7 Å². The van der Waals surface area contributed by atoms with Gasteiger partial charge in [-0.15, -0.1) is 0 Å². The van der Waals surface area contributed by atoms with Crippen LogP contribution in [-0.2, 0) is 5.41 Å². The summed E-state index contributed by atoms with van der Waals surface area (Å²) in [6.45, 7) is 0. The van der Waals surface area contributed by atoms with Crippen LogP contribution in [0.4, 0.5) is 0 Å². The molecule has 1 aromatic rings. The van der Waals surface area contributed by atoms with Crippen molar-refractivity contribution < 1.29 is 0 Å². The van der Waals surface area contributed by atoms with Crippen molar-refractivity contribution in [2.24, 2.45) is 0 Å². The van der Waals surface area contributed by atoms with Crippen molar-refractivity contribution in [3.05, 3.63) is 34.3 Å². The zero-order valence-electron chi connectivity index (χ0n) is 7.72. The van der Waals surface area contributed by atoms with E-state index in [2.05, 4.69) is 46.5 Å². The van der Waals surface area contributed by atoms with E-state index < -0.39 is 0 Å². The number of hydrogen-bond donors (Lipinski definition) is 0. The molecular formula is C11H13BrS. The van der Waals surface area contributed by atoms with E-state index in [9.17, 15) is 0 Å². The van der Waals surface area contributed by atoms with Crippen LogP contribution in [0.5, 0.6) is 0 Å². The fourth-order valence-corrected chi connectivity index (χ4v) is 3.51. The highest BCUT2D eigenvalue weighted by Gasteiger charge is 2.44. The maximum absolute atomic E-state index is 3.63. The molecule has 0 aliphatic heterocycles. The smallest absolute Gasteiger partial charge is 0.0213 e. The lowest BCUT2D eigenvalue weighted by atomic mass is 9.98. The molecule has 0 nitrogen and oxygen atoms in total. The Labute approximate surface area is 92.2 Å². The standard InChI is InChI=1S/C11H13BrS/c1-13-8-11(6-7-11)9-4-2-3-5-10(9)12/h2-5H,6-8H2,1H3. The molecule has 70 valence electrons. The highest BCUT2D eigenvalue weighted by molar-refractivity contribution is 9.10. The topological polar surface area (TPSA) is 0 Å². The van der Waals surface area contributed by atoms with E-state index in [0.29, 0.717) is 5.41 Å². The number of rotatable bonds is 3. The van der Waals surface area contributed by atoms with Crippen molar-refractivity contribution >= 4 is 27.7 Å². The first-order chi connectivity index (χ1) is 6.28. The number of benzene rings is 1. The predicted molar refractivity (Wildman–Crippen MR) is 63.4 cm³/mol. The second kappa shape index (κ2) is 3.66. The number of thioether (sulfide) groups is 1. The van der Waals surface area contributed by atoms with Gasteiger partial charge in [0.25, 0.3) is 0 Å².